The van der Waals surface area contributed by atoms with Gasteiger partial charge in [-0.3, -0.25) is 0 Å². The maximum absolute atomic E-state index is 8.53. The van der Waals surface area contributed by atoms with Crippen LogP contribution in [0.15, 0.2) is 24.4 Å². The topological polar surface area (TPSA) is 61.7 Å². The van der Waals surface area contributed by atoms with E-state index in [0.29, 0.717) is 23.6 Å². The zero-order chi connectivity index (χ0) is 13.0. The van der Waals surface area contributed by atoms with Crippen LogP contribution in [0, 0.1) is 11.3 Å². The third kappa shape index (κ3) is 2.63. The minimum absolute atomic E-state index is 0.448. The van der Waals surface area contributed by atoms with Gasteiger partial charge in [-0.05, 0) is 18.2 Å². The number of rotatable bonds is 4. The maximum atomic E-state index is 8.53. The lowest BCUT2D eigenvalue weighted by atomic mass is 10.1. The molecule has 1 heterocycles. The third-order valence-corrected chi connectivity index (χ3v) is 2.88. The van der Waals surface area contributed by atoms with Crippen LogP contribution in [-0.4, -0.2) is 17.1 Å². The van der Waals surface area contributed by atoms with Crippen LogP contribution in [0.25, 0.3) is 11.3 Å². The van der Waals surface area contributed by atoms with Gasteiger partial charge in [-0.15, -0.1) is 0 Å². The van der Waals surface area contributed by atoms with E-state index in [0.717, 1.165) is 17.1 Å². The maximum Gasteiger partial charge on any atom is 0.120 e. The van der Waals surface area contributed by atoms with Gasteiger partial charge in [-0.1, -0.05) is 11.6 Å². The molecule has 0 aliphatic rings. The number of halogens is 1. The Labute approximate surface area is 110 Å². The highest BCUT2D eigenvalue weighted by Crippen LogP contribution is 2.30. The smallest absolute Gasteiger partial charge is 0.120 e. The van der Waals surface area contributed by atoms with Crippen molar-refractivity contribution in [1.29, 1.82) is 5.26 Å². The molecule has 0 spiro atoms. The molecular weight excluding hydrogens is 250 g/mol. The SMILES string of the molecule is COc1ccc(-c2cnc(CCC#N)[nH]2)c(Cl)c1. The van der Waals surface area contributed by atoms with Crippen molar-refractivity contribution in [2.24, 2.45) is 0 Å². The summed E-state index contributed by atoms with van der Waals surface area (Å²) in [6, 6.07) is 7.57. The quantitative estimate of drug-likeness (QED) is 0.919. The summed E-state index contributed by atoms with van der Waals surface area (Å²) in [6.07, 6.45) is 2.79. The second kappa shape index (κ2) is 5.56. The molecule has 2 aromatic rings. The van der Waals surface area contributed by atoms with Gasteiger partial charge in [0, 0.05) is 18.4 Å². The average molecular weight is 262 g/mol. The standard InChI is InChI=1S/C13H12ClN3O/c1-18-9-4-5-10(11(14)7-9)12-8-16-13(17-12)3-2-6-15/h4-5,7-8H,2-3H2,1H3,(H,16,17). The van der Waals surface area contributed by atoms with Crippen molar-refractivity contribution >= 4 is 11.6 Å². The molecule has 0 unspecified atom stereocenters. The Hall–Kier alpha value is -1.99. The molecule has 1 aromatic carbocycles. The molecule has 2 rings (SSSR count). The van der Waals surface area contributed by atoms with Gasteiger partial charge in [0.15, 0.2) is 0 Å². The number of aryl methyl sites for hydroxylation is 1. The van der Waals surface area contributed by atoms with Crippen molar-refractivity contribution in [1.82, 2.24) is 9.97 Å². The summed E-state index contributed by atoms with van der Waals surface area (Å²) < 4.78 is 5.10. The molecule has 0 saturated carbocycles. The molecule has 0 aliphatic carbocycles. The fourth-order valence-electron chi connectivity index (χ4n) is 1.64. The van der Waals surface area contributed by atoms with Crippen LogP contribution in [0.4, 0.5) is 0 Å². The van der Waals surface area contributed by atoms with Crippen LogP contribution in [0.5, 0.6) is 5.75 Å². The normalized spacial score (nSPS) is 10.1. The van der Waals surface area contributed by atoms with E-state index in [1.807, 2.05) is 12.1 Å². The lowest BCUT2D eigenvalue weighted by molar-refractivity contribution is 0.415. The molecule has 92 valence electrons. The fourth-order valence-corrected chi connectivity index (χ4v) is 1.91. The molecule has 4 nitrogen and oxygen atoms in total. The van der Waals surface area contributed by atoms with Crippen molar-refractivity contribution < 1.29 is 4.74 Å². The predicted molar refractivity (Wildman–Crippen MR) is 69.5 cm³/mol. The third-order valence-electron chi connectivity index (χ3n) is 2.57. The van der Waals surface area contributed by atoms with Crippen LogP contribution in [0.1, 0.15) is 12.2 Å². The Kier molecular flexibility index (Phi) is 3.85. The first-order chi connectivity index (χ1) is 8.74. The molecule has 0 aliphatic heterocycles. The first-order valence-electron chi connectivity index (χ1n) is 5.49. The minimum Gasteiger partial charge on any atom is -0.497 e. The molecule has 18 heavy (non-hydrogen) atoms. The largest absolute Gasteiger partial charge is 0.497 e. The molecule has 1 N–H and O–H groups in total. The molecule has 0 fully saturated rings. The number of nitriles is 1. The van der Waals surface area contributed by atoms with Crippen molar-refractivity contribution in [2.75, 3.05) is 7.11 Å². The lowest BCUT2D eigenvalue weighted by Crippen LogP contribution is -1.87. The van der Waals surface area contributed by atoms with E-state index in [-0.39, 0.29) is 0 Å². The van der Waals surface area contributed by atoms with Gasteiger partial charge in [-0.25, -0.2) is 4.98 Å². The number of benzene rings is 1. The fraction of sp³-hybridized carbons (Fsp3) is 0.231. The van der Waals surface area contributed by atoms with Gasteiger partial charge in [0.25, 0.3) is 0 Å². The summed E-state index contributed by atoms with van der Waals surface area (Å²) in [4.78, 5) is 7.37. The molecule has 0 amide bonds. The zero-order valence-corrected chi connectivity index (χ0v) is 10.7. The summed E-state index contributed by atoms with van der Waals surface area (Å²) in [6.45, 7) is 0. The number of aromatic nitrogens is 2. The van der Waals surface area contributed by atoms with Crippen LogP contribution in [0.2, 0.25) is 5.02 Å². The Balaban J connectivity index is 2.26. The number of ether oxygens (including phenoxy) is 1. The summed E-state index contributed by atoms with van der Waals surface area (Å²) in [5, 5.41) is 9.13. The van der Waals surface area contributed by atoms with E-state index in [1.165, 1.54) is 0 Å². The number of hydrogen-bond donors (Lipinski definition) is 1. The van der Waals surface area contributed by atoms with Crippen LogP contribution >= 0.6 is 11.6 Å². The van der Waals surface area contributed by atoms with Crippen LogP contribution in [-0.2, 0) is 6.42 Å². The summed E-state index contributed by atoms with van der Waals surface area (Å²) in [5.41, 5.74) is 1.71. The second-order valence-electron chi connectivity index (χ2n) is 3.75. The highest BCUT2D eigenvalue weighted by atomic mass is 35.5. The average Bonchev–Trinajstić information content (AvgIpc) is 2.84. The summed E-state index contributed by atoms with van der Waals surface area (Å²) >= 11 is 6.18. The highest BCUT2D eigenvalue weighted by molar-refractivity contribution is 6.33. The Morgan fingerprint density at radius 3 is 3.00 bits per heavy atom. The molecule has 0 radical (unpaired) electrons. The molecule has 0 saturated heterocycles. The first-order valence-corrected chi connectivity index (χ1v) is 5.87. The second-order valence-corrected chi connectivity index (χ2v) is 4.15. The van der Waals surface area contributed by atoms with Crippen molar-refractivity contribution in [2.45, 2.75) is 12.8 Å². The lowest BCUT2D eigenvalue weighted by Gasteiger charge is -2.04. The summed E-state index contributed by atoms with van der Waals surface area (Å²) in [7, 11) is 1.60. The molecular formula is C13H12ClN3O. The number of methoxy groups -OCH3 is 1. The predicted octanol–water partition coefficient (Wildman–Crippen LogP) is 3.19. The van der Waals surface area contributed by atoms with E-state index < -0.39 is 0 Å². The Bertz CT molecular complexity index is 586. The van der Waals surface area contributed by atoms with E-state index in [2.05, 4.69) is 16.0 Å². The van der Waals surface area contributed by atoms with Gasteiger partial charge in [0.1, 0.15) is 11.6 Å². The van der Waals surface area contributed by atoms with Gasteiger partial charge in [-0.2, -0.15) is 5.26 Å². The Morgan fingerprint density at radius 1 is 1.50 bits per heavy atom. The van der Waals surface area contributed by atoms with Gasteiger partial charge >= 0.3 is 0 Å². The molecule has 0 atom stereocenters. The number of nitrogens with one attached hydrogen (secondary N) is 1. The number of H-pyrrole nitrogens is 1. The summed E-state index contributed by atoms with van der Waals surface area (Å²) in [5.74, 6) is 1.51. The van der Waals surface area contributed by atoms with Gasteiger partial charge in [0.05, 0.1) is 30.1 Å². The molecule has 0 bridgehead atoms. The van der Waals surface area contributed by atoms with Gasteiger partial charge in [0.2, 0.25) is 0 Å². The zero-order valence-electron chi connectivity index (χ0n) is 9.90. The molecule has 1 aromatic heterocycles. The Morgan fingerprint density at radius 2 is 2.33 bits per heavy atom. The van der Waals surface area contributed by atoms with E-state index in [9.17, 15) is 0 Å². The first kappa shape index (κ1) is 12.5. The van der Waals surface area contributed by atoms with E-state index in [1.54, 1.807) is 19.4 Å². The van der Waals surface area contributed by atoms with Crippen LogP contribution < -0.4 is 4.74 Å². The number of hydrogen-bond acceptors (Lipinski definition) is 3. The monoisotopic (exact) mass is 261 g/mol. The molecule has 5 heteroatoms. The number of nitrogens with zero attached hydrogens (tertiary/aromatic N) is 2. The minimum atomic E-state index is 0.448. The van der Waals surface area contributed by atoms with Gasteiger partial charge < -0.3 is 9.72 Å². The van der Waals surface area contributed by atoms with Crippen molar-refractivity contribution in [3.05, 3.63) is 35.2 Å². The highest BCUT2D eigenvalue weighted by Gasteiger charge is 2.08. The number of imidazole rings is 1. The van der Waals surface area contributed by atoms with E-state index in [4.69, 9.17) is 21.6 Å². The van der Waals surface area contributed by atoms with Crippen molar-refractivity contribution in [3.63, 3.8) is 0 Å². The van der Waals surface area contributed by atoms with Crippen molar-refractivity contribution in [3.8, 4) is 23.1 Å². The van der Waals surface area contributed by atoms with Crippen LogP contribution in [0.3, 0.4) is 0 Å². The number of aromatic amines is 1. The van der Waals surface area contributed by atoms with E-state index >= 15 is 0 Å².